The van der Waals surface area contributed by atoms with Gasteiger partial charge in [-0.1, -0.05) is 42.8 Å². The van der Waals surface area contributed by atoms with Crippen LogP contribution in [-0.2, 0) is 4.79 Å². The summed E-state index contributed by atoms with van der Waals surface area (Å²) in [5.74, 6) is -0.362. The second kappa shape index (κ2) is 11.8. The van der Waals surface area contributed by atoms with Crippen molar-refractivity contribution in [3.8, 4) is 17.2 Å². The fourth-order valence-corrected chi connectivity index (χ4v) is 4.32. The third kappa shape index (κ3) is 5.99. The van der Waals surface area contributed by atoms with Crippen molar-refractivity contribution in [2.24, 2.45) is 5.73 Å². The Morgan fingerprint density at radius 2 is 1.70 bits per heavy atom. The number of nitrogens with two attached hydrogens (primary N) is 1. The third-order valence-corrected chi connectivity index (χ3v) is 6.50. The molecule has 0 saturated heterocycles. The summed E-state index contributed by atoms with van der Waals surface area (Å²) in [6, 6.07) is 20.2. The van der Waals surface area contributed by atoms with Crippen LogP contribution in [0.3, 0.4) is 0 Å². The summed E-state index contributed by atoms with van der Waals surface area (Å²) in [6.45, 7) is 5.81. The summed E-state index contributed by atoms with van der Waals surface area (Å²) in [6.07, 6.45) is -0.862. The standard InChI is InChI=1S/C31H31N3O6/c1-5-26(40-27-16-9-18(2)17-19(27)3)30(37)33-20-10-12-21(13-11-20)39-31(38)34(4)25-8-6-7-23-22(25)14-15-24(28(23)35)29(32)36/h6-17,26,35H,5H2,1-4H3,(H2,32,36)(H,33,37). The van der Waals surface area contributed by atoms with Crippen molar-refractivity contribution in [3.05, 3.63) is 89.5 Å². The number of amides is 3. The van der Waals surface area contributed by atoms with Crippen molar-refractivity contribution in [1.29, 1.82) is 0 Å². The van der Waals surface area contributed by atoms with E-state index in [1.807, 2.05) is 39.0 Å². The van der Waals surface area contributed by atoms with Gasteiger partial charge in [-0.25, -0.2) is 4.79 Å². The van der Waals surface area contributed by atoms with E-state index in [1.54, 1.807) is 48.5 Å². The topological polar surface area (TPSA) is 131 Å². The molecule has 1 atom stereocenters. The zero-order valence-corrected chi connectivity index (χ0v) is 22.7. The van der Waals surface area contributed by atoms with Gasteiger partial charge in [0, 0.05) is 23.5 Å². The summed E-state index contributed by atoms with van der Waals surface area (Å²) in [5.41, 5.74) is 8.38. The number of phenols is 1. The van der Waals surface area contributed by atoms with Crippen molar-refractivity contribution in [1.82, 2.24) is 0 Å². The zero-order chi connectivity index (χ0) is 29.0. The highest BCUT2D eigenvalue weighted by Gasteiger charge is 2.21. The van der Waals surface area contributed by atoms with Gasteiger partial charge in [-0.05, 0) is 68.3 Å². The molecule has 0 radical (unpaired) electrons. The number of nitrogens with zero attached hydrogens (tertiary/aromatic N) is 1. The van der Waals surface area contributed by atoms with Gasteiger partial charge < -0.3 is 25.6 Å². The Kier molecular flexibility index (Phi) is 8.23. The van der Waals surface area contributed by atoms with Crippen LogP contribution in [0.5, 0.6) is 17.2 Å². The molecular weight excluding hydrogens is 510 g/mol. The van der Waals surface area contributed by atoms with E-state index in [9.17, 15) is 19.5 Å². The van der Waals surface area contributed by atoms with Crippen LogP contribution in [0.15, 0.2) is 72.8 Å². The van der Waals surface area contributed by atoms with Gasteiger partial charge in [0.15, 0.2) is 6.10 Å². The minimum absolute atomic E-state index is 0.0101. The van der Waals surface area contributed by atoms with Gasteiger partial charge in [0.05, 0.1) is 11.3 Å². The van der Waals surface area contributed by atoms with E-state index in [0.717, 1.165) is 11.1 Å². The lowest BCUT2D eigenvalue weighted by Crippen LogP contribution is -2.32. The molecule has 3 amide bonds. The Balaban J connectivity index is 1.42. The minimum atomic E-state index is -0.753. The SMILES string of the molecule is CCC(Oc1ccc(C)cc1C)C(=O)Nc1ccc(OC(=O)N(C)c2cccc3c(O)c(C(N)=O)ccc23)cc1. The molecule has 1 unspecified atom stereocenters. The molecular formula is C31H31N3O6. The van der Waals surface area contributed by atoms with Gasteiger partial charge in [-0.2, -0.15) is 0 Å². The van der Waals surface area contributed by atoms with Gasteiger partial charge in [0.1, 0.15) is 17.2 Å². The fraction of sp³-hybridized carbons (Fsp3) is 0.194. The molecule has 206 valence electrons. The van der Waals surface area contributed by atoms with Gasteiger partial charge in [-0.15, -0.1) is 0 Å². The highest BCUT2D eigenvalue weighted by atomic mass is 16.6. The monoisotopic (exact) mass is 541 g/mol. The molecule has 4 aromatic carbocycles. The number of hydrogen-bond acceptors (Lipinski definition) is 6. The number of aryl methyl sites for hydroxylation is 2. The smallest absolute Gasteiger partial charge is 0.419 e. The summed E-state index contributed by atoms with van der Waals surface area (Å²) in [7, 11) is 1.53. The number of anilines is 2. The summed E-state index contributed by atoms with van der Waals surface area (Å²) in [5, 5.41) is 14.2. The molecule has 0 fully saturated rings. The van der Waals surface area contributed by atoms with E-state index in [2.05, 4.69) is 5.32 Å². The van der Waals surface area contributed by atoms with E-state index in [0.29, 0.717) is 34.3 Å². The van der Waals surface area contributed by atoms with Gasteiger partial charge in [-0.3, -0.25) is 14.5 Å². The minimum Gasteiger partial charge on any atom is -0.506 e. The van der Waals surface area contributed by atoms with Crippen molar-refractivity contribution >= 4 is 40.1 Å². The van der Waals surface area contributed by atoms with Crippen LogP contribution in [0.1, 0.15) is 34.8 Å². The lowest BCUT2D eigenvalue weighted by atomic mass is 10.0. The average Bonchev–Trinajstić information content (AvgIpc) is 2.93. The molecule has 0 aliphatic carbocycles. The molecule has 4 aromatic rings. The molecule has 9 heteroatoms. The zero-order valence-electron chi connectivity index (χ0n) is 22.7. The molecule has 0 aliphatic rings. The van der Waals surface area contributed by atoms with Crippen LogP contribution in [0.4, 0.5) is 16.2 Å². The van der Waals surface area contributed by atoms with E-state index >= 15 is 0 Å². The first-order valence-electron chi connectivity index (χ1n) is 12.7. The number of carbonyl (C=O) groups excluding carboxylic acids is 3. The van der Waals surface area contributed by atoms with Crippen LogP contribution < -0.4 is 25.4 Å². The Bertz CT molecular complexity index is 1580. The number of ether oxygens (including phenoxy) is 2. The Morgan fingerprint density at radius 1 is 0.975 bits per heavy atom. The number of benzene rings is 4. The molecule has 4 N–H and O–H groups in total. The Morgan fingerprint density at radius 3 is 2.35 bits per heavy atom. The third-order valence-electron chi connectivity index (χ3n) is 6.50. The van der Waals surface area contributed by atoms with Crippen molar-refractivity contribution < 1.29 is 29.0 Å². The molecule has 0 heterocycles. The Hall–Kier alpha value is -5.05. The summed E-state index contributed by atoms with van der Waals surface area (Å²) in [4.78, 5) is 38.6. The number of rotatable bonds is 8. The van der Waals surface area contributed by atoms with Crippen molar-refractivity contribution in [2.45, 2.75) is 33.3 Å². The molecule has 0 bridgehead atoms. The van der Waals surface area contributed by atoms with E-state index < -0.39 is 18.1 Å². The van der Waals surface area contributed by atoms with Crippen LogP contribution in [0, 0.1) is 13.8 Å². The highest BCUT2D eigenvalue weighted by molar-refractivity contribution is 6.08. The maximum atomic E-state index is 12.9. The molecule has 0 saturated carbocycles. The van der Waals surface area contributed by atoms with Crippen molar-refractivity contribution in [2.75, 3.05) is 17.3 Å². The van der Waals surface area contributed by atoms with Crippen LogP contribution >= 0.6 is 0 Å². The molecule has 0 spiro atoms. The summed E-state index contributed by atoms with van der Waals surface area (Å²) >= 11 is 0. The Labute approximate surface area is 232 Å². The first-order valence-corrected chi connectivity index (χ1v) is 12.7. The van der Waals surface area contributed by atoms with E-state index in [4.69, 9.17) is 15.2 Å². The van der Waals surface area contributed by atoms with Crippen molar-refractivity contribution in [3.63, 3.8) is 0 Å². The second-order valence-corrected chi connectivity index (χ2v) is 9.42. The van der Waals surface area contributed by atoms with Gasteiger partial charge >= 0.3 is 6.09 Å². The molecule has 40 heavy (non-hydrogen) atoms. The quantitative estimate of drug-likeness (QED) is 0.263. The van der Waals surface area contributed by atoms with Crippen LogP contribution in [0.25, 0.3) is 10.8 Å². The normalized spacial score (nSPS) is 11.5. The average molecular weight is 542 g/mol. The molecule has 0 aliphatic heterocycles. The van der Waals surface area contributed by atoms with E-state index in [1.165, 1.54) is 18.0 Å². The molecule has 9 nitrogen and oxygen atoms in total. The predicted octanol–water partition coefficient (Wildman–Crippen LogP) is 5.69. The maximum Gasteiger partial charge on any atom is 0.419 e. The number of aromatic hydroxyl groups is 1. The first kappa shape index (κ1) is 28.0. The number of primary amides is 1. The van der Waals surface area contributed by atoms with Crippen LogP contribution in [-0.4, -0.2) is 36.2 Å². The second-order valence-electron chi connectivity index (χ2n) is 9.42. The maximum absolute atomic E-state index is 12.9. The number of carbonyl (C=O) groups is 3. The highest BCUT2D eigenvalue weighted by Crippen LogP contribution is 2.34. The number of nitrogens with one attached hydrogen (secondary N) is 1. The number of fused-ring (bicyclic) bond motifs is 1. The lowest BCUT2D eigenvalue weighted by Gasteiger charge is -2.20. The number of hydrogen-bond donors (Lipinski definition) is 3. The van der Waals surface area contributed by atoms with Gasteiger partial charge in [0.2, 0.25) is 0 Å². The lowest BCUT2D eigenvalue weighted by molar-refractivity contribution is -0.122. The first-order chi connectivity index (χ1) is 19.1. The molecule has 0 aromatic heterocycles. The predicted molar refractivity (Wildman–Crippen MR) is 154 cm³/mol. The molecule has 4 rings (SSSR count). The van der Waals surface area contributed by atoms with Gasteiger partial charge in [0.25, 0.3) is 11.8 Å². The largest absolute Gasteiger partial charge is 0.506 e. The summed E-state index contributed by atoms with van der Waals surface area (Å²) < 4.78 is 11.5. The fourth-order valence-electron chi connectivity index (χ4n) is 4.32. The van der Waals surface area contributed by atoms with E-state index in [-0.39, 0.29) is 23.0 Å². The van der Waals surface area contributed by atoms with Crippen LogP contribution in [0.2, 0.25) is 0 Å².